The number of hydrogen-bond acceptors (Lipinski definition) is 5. The van der Waals surface area contributed by atoms with E-state index < -0.39 is 0 Å². The van der Waals surface area contributed by atoms with Crippen LogP contribution in [0.25, 0.3) is 10.9 Å². The first kappa shape index (κ1) is 18.9. The Balaban J connectivity index is 1.41. The standard InChI is InChI=1S/C22H26N4OS/c1-14-6-7-18-15(2)24-22(25-19(18)13-14)26-10-8-17(9-11-26)21(27)23-16(3)20-5-4-12-28-20/h4-7,12-13,16-17H,8-11H2,1-3H3,(H,23,27)/t16-/m0/s1. The highest BCUT2D eigenvalue weighted by Crippen LogP contribution is 2.26. The van der Waals surface area contributed by atoms with Crippen LogP contribution < -0.4 is 10.2 Å². The number of amides is 1. The summed E-state index contributed by atoms with van der Waals surface area (Å²) < 4.78 is 0. The first-order valence-corrected chi connectivity index (χ1v) is 10.7. The number of piperidine rings is 1. The molecule has 1 atom stereocenters. The number of thiophene rings is 1. The Morgan fingerprint density at radius 2 is 2.00 bits per heavy atom. The summed E-state index contributed by atoms with van der Waals surface area (Å²) >= 11 is 1.68. The van der Waals surface area contributed by atoms with Crippen LogP contribution in [0.15, 0.2) is 35.7 Å². The third kappa shape index (κ3) is 3.87. The lowest BCUT2D eigenvalue weighted by Crippen LogP contribution is -2.41. The number of rotatable bonds is 4. The average Bonchev–Trinajstić information content (AvgIpc) is 3.22. The molecule has 0 aliphatic carbocycles. The Hall–Kier alpha value is -2.47. The third-order valence-electron chi connectivity index (χ3n) is 5.51. The number of benzene rings is 1. The van der Waals surface area contributed by atoms with Gasteiger partial charge in [-0.25, -0.2) is 9.97 Å². The van der Waals surface area contributed by atoms with Gasteiger partial charge in [0.05, 0.1) is 17.3 Å². The minimum absolute atomic E-state index is 0.0578. The van der Waals surface area contributed by atoms with Crippen LogP contribution >= 0.6 is 11.3 Å². The second-order valence-electron chi connectivity index (χ2n) is 7.64. The monoisotopic (exact) mass is 394 g/mol. The number of aromatic nitrogens is 2. The number of carbonyl (C=O) groups is 1. The number of nitrogens with zero attached hydrogens (tertiary/aromatic N) is 3. The predicted molar refractivity (Wildman–Crippen MR) is 115 cm³/mol. The summed E-state index contributed by atoms with van der Waals surface area (Å²) in [5, 5.41) is 6.32. The van der Waals surface area contributed by atoms with E-state index in [2.05, 4.69) is 41.4 Å². The van der Waals surface area contributed by atoms with Crippen LogP contribution in [0.2, 0.25) is 0 Å². The lowest BCUT2D eigenvalue weighted by Gasteiger charge is -2.32. The van der Waals surface area contributed by atoms with Crippen LogP contribution in [-0.2, 0) is 4.79 Å². The molecule has 0 spiro atoms. The number of fused-ring (bicyclic) bond motifs is 1. The lowest BCUT2D eigenvalue weighted by atomic mass is 9.95. The van der Waals surface area contributed by atoms with E-state index in [-0.39, 0.29) is 17.9 Å². The molecule has 6 heteroatoms. The fraction of sp³-hybridized carbons (Fsp3) is 0.409. The van der Waals surface area contributed by atoms with Crippen LogP contribution in [0.1, 0.15) is 41.9 Å². The highest BCUT2D eigenvalue weighted by molar-refractivity contribution is 7.10. The molecule has 4 rings (SSSR count). The maximum Gasteiger partial charge on any atom is 0.226 e. The van der Waals surface area contributed by atoms with Gasteiger partial charge >= 0.3 is 0 Å². The number of anilines is 1. The third-order valence-corrected chi connectivity index (χ3v) is 6.56. The molecule has 1 aromatic carbocycles. The zero-order valence-electron chi connectivity index (χ0n) is 16.6. The van der Waals surface area contributed by atoms with Crippen molar-refractivity contribution in [1.82, 2.24) is 15.3 Å². The first-order chi connectivity index (χ1) is 13.5. The molecule has 0 unspecified atom stereocenters. The van der Waals surface area contributed by atoms with Gasteiger partial charge in [0, 0.05) is 29.3 Å². The van der Waals surface area contributed by atoms with Gasteiger partial charge in [0.2, 0.25) is 11.9 Å². The number of nitrogens with one attached hydrogen (secondary N) is 1. The molecule has 28 heavy (non-hydrogen) atoms. The van der Waals surface area contributed by atoms with E-state index in [0.29, 0.717) is 0 Å². The molecule has 2 aromatic heterocycles. The summed E-state index contributed by atoms with van der Waals surface area (Å²) in [6, 6.07) is 10.5. The van der Waals surface area contributed by atoms with Gasteiger partial charge in [-0.15, -0.1) is 11.3 Å². The molecule has 5 nitrogen and oxygen atoms in total. The van der Waals surface area contributed by atoms with E-state index in [0.717, 1.165) is 48.5 Å². The number of hydrogen-bond donors (Lipinski definition) is 1. The SMILES string of the molecule is Cc1ccc2c(C)nc(N3CCC(C(=O)N[C@@H](C)c4cccs4)CC3)nc2c1. The molecule has 3 heterocycles. The second kappa shape index (κ2) is 7.87. The molecule has 1 amide bonds. The Morgan fingerprint density at radius 1 is 1.21 bits per heavy atom. The van der Waals surface area contributed by atoms with Gasteiger partial charge in [-0.05, 0) is 56.7 Å². The highest BCUT2D eigenvalue weighted by atomic mass is 32.1. The Labute approximate surface area is 169 Å². The molecule has 1 fully saturated rings. The molecule has 0 saturated carbocycles. The summed E-state index contributed by atoms with van der Waals surface area (Å²) in [6.45, 7) is 7.78. The van der Waals surface area contributed by atoms with Gasteiger partial charge in [0.15, 0.2) is 0 Å². The zero-order chi connectivity index (χ0) is 19.7. The summed E-state index contributed by atoms with van der Waals surface area (Å²) in [4.78, 5) is 25.6. The van der Waals surface area contributed by atoms with Crippen molar-refractivity contribution in [1.29, 1.82) is 0 Å². The van der Waals surface area contributed by atoms with Gasteiger partial charge in [-0.1, -0.05) is 18.2 Å². The Morgan fingerprint density at radius 3 is 2.71 bits per heavy atom. The molecule has 1 aliphatic rings. The molecule has 0 radical (unpaired) electrons. The summed E-state index contributed by atoms with van der Waals surface area (Å²) in [5.74, 6) is 0.996. The van der Waals surface area contributed by atoms with Crippen LogP contribution in [0.5, 0.6) is 0 Å². The van der Waals surface area contributed by atoms with E-state index in [1.807, 2.05) is 25.3 Å². The van der Waals surface area contributed by atoms with Crippen LogP contribution in [-0.4, -0.2) is 29.0 Å². The van der Waals surface area contributed by atoms with Gasteiger partial charge < -0.3 is 10.2 Å². The van der Waals surface area contributed by atoms with Gasteiger partial charge in [-0.2, -0.15) is 0 Å². The Bertz CT molecular complexity index is 978. The van der Waals surface area contributed by atoms with Crippen LogP contribution in [0, 0.1) is 19.8 Å². The molecule has 3 aromatic rings. The van der Waals surface area contributed by atoms with Crippen molar-refractivity contribution in [2.75, 3.05) is 18.0 Å². The van der Waals surface area contributed by atoms with Crippen molar-refractivity contribution in [3.05, 3.63) is 51.8 Å². The van der Waals surface area contributed by atoms with E-state index in [9.17, 15) is 4.79 Å². The largest absolute Gasteiger partial charge is 0.349 e. The van der Waals surface area contributed by atoms with Crippen molar-refractivity contribution in [3.8, 4) is 0 Å². The fourth-order valence-corrected chi connectivity index (χ4v) is 4.54. The first-order valence-electron chi connectivity index (χ1n) is 9.85. The van der Waals surface area contributed by atoms with E-state index in [1.165, 1.54) is 10.4 Å². The minimum atomic E-state index is 0.0578. The maximum absolute atomic E-state index is 12.7. The van der Waals surface area contributed by atoms with Crippen LogP contribution in [0.3, 0.4) is 0 Å². The van der Waals surface area contributed by atoms with Crippen molar-refractivity contribution in [2.24, 2.45) is 5.92 Å². The van der Waals surface area contributed by atoms with Gasteiger partial charge in [0.25, 0.3) is 0 Å². The smallest absolute Gasteiger partial charge is 0.226 e. The van der Waals surface area contributed by atoms with Crippen molar-refractivity contribution in [2.45, 2.75) is 39.7 Å². The maximum atomic E-state index is 12.7. The molecule has 0 bridgehead atoms. The lowest BCUT2D eigenvalue weighted by molar-refractivity contribution is -0.126. The molecular formula is C22H26N4OS. The van der Waals surface area contributed by atoms with E-state index in [1.54, 1.807) is 11.3 Å². The topological polar surface area (TPSA) is 58.1 Å². The van der Waals surface area contributed by atoms with Crippen molar-refractivity contribution in [3.63, 3.8) is 0 Å². The molecule has 146 valence electrons. The molecular weight excluding hydrogens is 368 g/mol. The summed E-state index contributed by atoms with van der Waals surface area (Å²) in [6.07, 6.45) is 1.66. The highest BCUT2D eigenvalue weighted by Gasteiger charge is 2.27. The van der Waals surface area contributed by atoms with Gasteiger partial charge in [-0.3, -0.25) is 4.79 Å². The quantitative estimate of drug-likeness (QED) is 0.712. The Kier molecular flexibility index (Phi) is 5.31. The normalized spacial score (nSPS) is 16.3. The molecule has 1 N–H and O–H groups in total. The predicted octanol–water partition coefficient (Wildman–Crippen LogP) is 4.40. The number of carbonyl (C=O) groups excluding carboxylic acids is 1. The average molecular weight is 395 g/mol. The van der Waals surface area contributed by atoms with Crippen LogP contribution in [0.4, 0.5) is 5.95 Å². The summed E-state index contributed by atoms with van der Waals surface area (Å²) in [5.41, 5.74) is 3.20. The second-order valence-corrected chi connectivity index (χ2v) is 8.62. The van der Waals surface area contributed by atoms with E-state index in [4.69, 9.17) is 9.97 Å². The molecule has 1 aliphatic heterocycles. The summed E-state index contributed by atoms with van der Waals surface area (Å²) in [7, 11) is 0. The molecule has 1 saturated heterocycles. The van der Waals surface area contributed by atoms with Crippen molar-refractivity contribution < 1.29 is 4.79 Å². The number of aryl methyl sites for hydroxylation is 2. The minimum Gasteiger partial charge on any atom is -0.349 e. The fourth-order valence-electron chi connectivity index (χ4n) is 3.81. The zero-order valence-corrected chi connectivity index (χ0v) is 17.4. The van der Waals surface area contributed by atoms with Crippen molar-refractivity contribution >= 4 is 34.1 Å². The van der Waals surface area contributed by atoms with Gasteiger partial charge in [0.1, 0.15) is 0 Å². The van der Waals surface area contributed by atoms with E-state index >= 15 is 0 Å².